The second kappa shape index (κ2) is 4.80. The number of nitrogens with one attached hydrogen (secondary N) is 1. The number of carbonyl (C=O) groups excluding carboxylic acids is 1. The molecule has 1 aromatic heterocycles. The highest BCUT2D eigenvalue weighted by molar-refractivity contribution is 5.68. The predicted molar refractivity (Wildman–Crippen MR) is 67.4 cm³/mol. The van der Waals surface area contributed by atoms with Gasteiger partial charge in [0.1, 0.15) is 17.7 Å². The topological polar surface area (TPSA) is 67.3 Å². The normalized spacial score (nSPS) is 16.1. The maximum Gasteiger partial charge on any atom is 0.407 e. The first-order valence-electron chi connectivity index (χ1n) is 5.94. The van der Waals surface area contributed by atoms with Crippen molar-refractivity contribution in [3.8, 4) is 0 Å². The van der Waals surface area contributed by atoms with E-state index in [1.165, 1.54) is 6.33 Å². The van der Waals surface area contributed by atoms with Crippen LogP contribution in [0.5, 0.6) is 0 Å². The molecule has 0 bridgehead atoms. The van der Waals surface area contributed by atoms with E-state index in [1.807, 2.05) is 26.8 Å². The lowest BCUT2D eigenvalue weighted by Crippen LogP contribution is -2.60. The van der Waals surface area contributed by atoms with Crippen molar-refractivity contribution >= 4 is 11.9 Å². The number of rotatable bonds is 2. The van der Waals surface area contributed by atoms with E-state index in [1.54, 1.807) is 6.20 Å². The Kier molecular flexibility index (Phi) is 3.36. The minimum atomic E-state index is -0.458. The summed E-state index contributed by atoms with van der Waals surface area (Å²) in [6.07, 6.45) is 2.86. The summed E-state index contributed by atoms with van der Waals surface area (Å²) in [6, 6.07) is 1.97. The fraction of sp³-hybridized carbons (Fsp3) is 0.583. The lowest BCUT2D eigenvalue weighted by Gasteiger charge is -2.40. The van der Waals surface area contributed by atoms with E-state index in [9.17, 15) is 4.79 Å². The van der Waals surface area contributed by atoms with E-state index in [4.69, 9.17) is 4.74 Å². The van der Waals surface area contributed by atoms with Crippen molar-refractivity contribution in [3.63, 3.8) is 0 Å². The van der Waals surface area contributed by atoms with Crippen molar-refractivity contribution in [2.24, 2.45) is 0 Å². The first kappa shape index (κ1) is 12.6. The number of hydrogen-bond donors (Lipinski definition) is 1. The van der Waals surface area contributed by atoms with Gasteiger partial charge in [0.05, 0.1) is 6.04 Å². The SMILES string of the molecule is CC(C)(C)OC(=O)NC1CN(c2ccncn2)C1. The van der Waals surface area contributed by atoms with Crippen LogP contribution in [0.25, 0.3) is 0 Å². The van der Waals surface area contributed by atoms with Gasteiger partial charge >= 0.3 is 6.09 Å². The number of nitrogens with zero attached hydrogens (tertiary/aromatic N) is 3. The van der Waals surface area contributed by atoms with Crippen LogP contribution >= 0.6 is 0 Å². The van der Waals surface area contributed by atoms with Crippen LogP contribution < -0.4 is 10.2 Å². The maximum absolute atomic E-state index is 11.5. The van der Waals surface area contributed by atoms with Gasteiger partial charge in [-0.3, -0.25) is 0 Å². The summed E-state index contributed by atoms with van der Waals surface area (Å²) in [6.45, 7) is 7.04. The van der Waals surface area contributed by atoms with Gasteiger partial charge in [-0.2, -0.15) is 0 Å². The molecule has 1 aliphatic rings. The molecule has 0 spiro atoms. The zero-order valence-corrected chi connectivity index (χ0v) is 10.9. The number of hydrogen-bond acceptors (Lipinski definition) is 5. The quantitative estimate of drug-likeness (QED) is 0.854. The van der Waals surface area contributed by atoms with Gasteiger partial charge in [-0.1, -0.05) is 0 Å². The first-order chi connectivity index (χ1) is 8.44. The minimum absolute atomic E-state index is 0.120. The second-order valence-corrected chi connectivity index (χ2v) is 5.32. The third-order valence-electron chi connectivity index (χ3n) is 2.49. The van der Waals surface area contributed by atoms with Crippen LogP contribution in [0, 0.1) is 0 Å². The highest BCUT2D eigenvalue weighted by Gasteiger charge is 2.30. The highest BCUT2D eigenvalue weighted by atomic mass is 16.6. The van der Waals surface area contributed by atoms with Crippen LogP contribution in [0.4, 0.5) is 10.6 Å². The van der Waals surface area contributed by atoms with E-state index >= 15 is 0 Å². The van der Waals surface area contributed by atoms with Crippen LogP contribution in [0.3, 0.4) is 0 Å². The molecule has 1 aliphatic heterocycles. The molecule has 18 heavy (non-hydrogen) atoms. The van der Waals surface area contributed by atoms with Gasteiger partial charge in [-0.25, -0.2) is 14.8 Å². The molecule has 0 aromatic carbocycles. The average Bonchev–Trinajstić information content (AvgIpc) is 2.21. The molecular weight excluding hydrogens is 232 g/mol. The number of amides is 1. The Morgan fingerprint density at radius 3 is 2.78 bits per heavy atom. The predicted octanol–water partition coefficient (Wildman–Crippen LogP) is 1.19. The summed E-state index contributed by atoms with van der Waals surface area (Å²) in [7, 11) is 0. The molecule has 0 atom stereocenters. The van der Waals surface area contributed by atoms with Gasteiger partial charge in [0.2, 0.25) is 0 Å². The van der Waals surface area contributed by atoms with Crippen molar-refractivity contribution in [1.29, 1.82) is 0 Å². The summed E-state index contributed by atoms with van der Waals surface area (Å²) in [4.78, 5) is 21.6. The van der Waals surface area contributed by atoms with Crippen molar-refractivity contribution in [2.75, 3.05) is 18.0 Å². The summed E-state index contributed by atoms with van der Waals surface area (Å²) < 4.78 is 5.19. The highest BCUT2D eigenvalue weighted by Crippen LogP contribution is 2.17. The zero-order valence-electron chi connectivity index (χ0n) is 10.9. The van der Waals surface area contributed by atoms with E-state index in [0.29, 0.717) is 0 Å². The van der Waals surface area contributed by atoms with E-state index in [2.05, 4.69) is 20.2 Å². The second-order valence-electron chi connectivity index (χ2n) is 5.32. The van der Waals surface area contributed by atoms with Crippen molar-refractivity contribution < 1.29 is 9.53 Å². The molecule has 0 unspecified atom stereocenters. The minimum Gasteiger partial charge on any atom is -0.444 e. The monoisotopic (exact) mass is 250 g/mol. The van der Waals surface area contributed by atoms with Gasteiger partial charge in [0.25, 0.3) is 0 Å². The molecule has 1 amide bonds. The van der Waals surface area contributed by atoms with E-state index < -0.39 is 5.60 Å². The fourth-order valence-electron chi connectivity index (χ4n) is 1.70. The van der Waals surface area contributed by atoms with Crippen LogP contribution in [-0.4, -0.2) is 40.8 Å². The number of anilines is 1. The molecule has 6 heteroatoms. The Balaban J connectivity index is 1.75. The lowest BCUT2D eigenvalue weighted by atomic mass is 10.1. The van der Waals surface area contributed by atoms with Crippen molar-refractivity contribution in [1.82, 2.24) is 15.3 Å². The molecule has 1 N–H and O–H groups in total. The molecule has 2 heterocycles. The molecule has 0 radical (unpaired) electrons. The Hall–Kier alpha value is -1.85. The Labute approximate surface area is 106 Å². The molecule has 1 aromatic rings. The number of alkyl carbamates (subject to hydrolysis) is 1. The Morgan fingerprint density at radius 2 is 2.22 bits per heavy atom. The summed E-state index contributed by atoms with van der Waals surface area (Å²) in [5.74, 6) is 0.882. The standard InChI is InChI=1S/C12H18N4O2/c1-12(2,3)18-11(17)15-9-6-16(7-9)10-4-5-13-8-14-10/h4-5,8-9H,6-7H2,1-3H3,(H,15,17). The van der Waals surface area contributed by atoms with Crippen LogP contribution in [0.1, 0.15) is 20.8 Å². The molecular formula is C12H18N4O2. The van der Waals surface area contributed by atoms with E-state index in [0.717, 1.165) is 18.9 Å². The average molecular weight is 250 g/mol. The Bertz CT molecular complexity index is 410. The Morgan fingerprint density at radius 1 is 1.50 bits per heavy atom. The van der Waals surface area contributed by atoms with Gasteiger partial charge in [0.15, 0.2) is 0 Å². The largest absolute Gasteiger partial charge is 0.444 e. The summed E-state index contributed by atoms with van der Waals surface area (Å²) in [5.41, 5.74) is -0.458. The van der Waals surface area contributed by atoms with Gasteiger partial charge < -0.3 is 15.0 Å². The first-order valence-corrected chi connectivity index (χ1v) is 5.94. The van der Waals surface area contributed by atoms with Gasteiger partial charge in [0, 0.05) is 19.3 Å². The smallest absolute Gasteiger partial charge is 0.407 e. The summed E-state index contributed by atoms with van der Waals surface area (Å²) in [5, 5.41) is 2.83. The number of aromatic nitrogens is 2. The maximum atomic E-state index is 11.5. The fourth-order valence-corrected chi connectivity index (χ4v) is 1.70. The molecule has 0 aliphatic carbocycles. The van der Waals surface area contributed by atoms with Crippen molar-refractivity contribution in [2.45, 2.75) is 32.4 Å². The van der Waals surface area contributed by atoms with Gasteiger partial charge in [-0.15, -0.1) is 0 Å². The van der Waals surface area contributed by atoms with E-state index in [-0.39, 0.29) is 12.1 Å². The molecule has 6 nitrogen and oxygen atoms in total. The zero-order chi connectivity index (χ0) is 13.2. The van der Waals surface area contributed by atoms with Crippen LogP contribution in [-0.2, 0) is 4.74 Å². The van der Waals surface area contributed by atoms with Gasteiger partial charge in [-0.05, 0) is 26.8 Å². The summed E-state index contributed by atoms with van der Waals surface area (Å²) >= 11 is 0. The molecule has 2 rings (SSSR count). The van der Waals surface area contributed by atoms with Crippen molar-refractivity contribution in [3.05, 3.63) is 18.6 Å². The molecule has 1 saturated heterocycles. The third kappa shape index (κ3) is 3.32. The molecule has 98 valence electrons. The van der Waals surface area contributed by atoms with Crippen LogP contribution in [0.15, 0.2) is 18.6 Å². The molecule has 0 saturated carbocycles. The lowest BCUT2D eigenvalue weighted by molar-refractivity contribution is 0.0496. The number of ether oxygens (including phenoxy) is 1. The van der Waals surface area contributed by atoms with Crippen LogP contribution in [0.2, 0.25) is 0 Å². The molecule has 1 fully saturated rings. The number of carbonyl (C=O) groups is 1. The third-order valence-corrected chi connectivity index (χ3v) is 2.49.